The molecule has 0 atom stereocenters. The summed E-state index contributed by atoms with van der Waals surface area (Å²) >= 11 is 3.37. The van der Waals surface area contributed by atoms with Gasteiger partial charge in [-0.05, 0) is 35.0 Å². The summed E-state index contributed by atoms with van der Waals surface area (Å²) in [6.45, 7) is 2.36. The van der Waals surface area contributed by atoms with Crippen molar-refractivity contribution in [3.63, 3.8) is 0 Å². The molecule has 0 aliphatic heterocycles. The fourth-order valence-electron chi connectivity index (χ4n) is 1.12. The third-order valence-corrected chi connectivity index (χ3v) is 2.90. The first kappa shape index (κ1) is 12.0. The van der Waals surface area contributed by atoms with E-state index in [9.17, 15) is 4.79 Å². The van der Waals surface area contributed by atoms with E-state index < -0.39 is 5.97 Å². The van der Waals surface area contributed by atoms with Crippen LogP contribution in [0.2, 0.25) is 0 Å². The Hall–Kier alpha value is -1.10. The van der Waals surface area contributed by atoms with Crippen LogP contribution in [-0.2, 0) is 4.79 Å². The summed E-state index contributed by atoms with van der Waals surface area (Å²) in [4.78, 5) is 16.6. The smallest absolute Gasteiger partial charge is 0.305 e. The molecule has 0 aliphatic carbocycles. The van der Waals surface area contributed by atoms with Gasteiger partial charge in [-0.3, -0.25) is 4.79 Å². The monoisotopic (exact) mass is 272 g/mol. The number of hydrogen-bond acceptors (Lipinski definition) is 3. The zero-order chi connectivity index (χ0) is 11.4. The molecule has 0 aromatic carbocycles. The fraction of sp³-hybridized carbons (Fsp3) is 0.400. The Morgan fingerprint density at radius 3 is 2.80 bits per heavy atom. The second-order valence-corrected chi connectivity index (χ2v) is 4.16. The van der Waals surface area contributed by atoms with Crippen LogP contribution >= 0.6 is 15.9 Å². The Bertz CT molecular complexity index is 368. The fourth-order valence-corrected chi connectivity index (χ4v) is 1.34. The van der Waals surface area contributed by atoms with E-state index in [1.165, 1.54) is 0 Å². The number of rotatable bonds is 4. The number of pyridine rings is 1. The van der Waals surface area contributed by atoms with Crippen LogP contribution in [0.25, 0.3) is 0 Å². The number of aryl methyl sites for hydroxylation is 1. The Labute approximate surface area is 97.1 Å². The SMILES string of the molecule is Cc1nc(N(C)CCC(=O)O)ccc1Br. The number of anilines is 1. The summed E-state index contributed by atoms with van der Waals surface area (Å²) in [6.07, 6.45) is 0.118. The van der Waals surface area contributed by atoms with Crippen molar-refractivity contribution in [1.29, 1.82) is 0 Å². The molecule has 0 unspecified atom stereocenters. The van der Waals surface area contributed by atoms with Crippen molar-refractivity contribution in [3.05, 3.63) is 22.3 Å². The highest BCUT2D eigenvalue weighted by molar-refractivity contribution is 9.10. The predicted octanol–water partition coefficient (Wildman–Crippen LogP) is 2.06. The van der Waals surface area contributed by atoms with Gasteiger partial charge in [0.2, 0.25) is 0 Å². The Morgan fingerprint density at radius 1 is 1.60 bits per heavy atom. The van der Waals surface area contributed by atoms with Crippen molar-refractivity contribution < 1.29 is 9.90 Å². The molecular formula is C10H13BrN2O2. The molecule has 0 aliphatic rings. The lowest BCUT2D eigenvalue weighted by Gasteiger charge is -2.17. The highest BCUT2D eigenvalue weighted by Gasteiger charge is 2.06. The van der Waals surface area contributed by atoms with Crippen molar-refractivity contribution in [1.82, 2.24) is 4.98 Å². The summed E-state index contributed by atoms with van der Waals surface area (Å²) in [5, 5.41) is 8.55. The maximum Gasteiger partial charge on any atom is 0.305 e. The molecule has 82 valence electrons. The van der Waals surface area contributed by atoms with Gasteiger partial charge >= 0.3 is 5.97 Å². The molecule has 1 rings (SSSR count). The lowest BCUT2D eigenvalue weighted by molar-refractivity contribution is -0.136. The van der Waals surface area contributed by atoms with E-state index in [4.69, 9.17) is 5.11 Å². The van der Waals surface area contributed by atoms with E-state index in [1.54, 1.807) is 0 Å². The zero-order valence-corrected chi connectivity index (χ0v) is 10.3. The van der Waals surface area contributed by atoms with Crippen LogP contribution in [0, 0.1) is 6.92 Å². The first-order valence-corrected chi connectivity index (χ1v) is 5.36. The highest BCUT2D eigenvalue weighted by Crippen LogP contribution is 2.18. The Kier molecular flexibility index (Phi) is 4.08. The predicted molar refractivity (Wildman–Crippen MR) is 62.2 cm³/mol. The number of halogens is 1. The Balaban J connectivity index is 2.69. The van der Waals surface area contributed by atoms with Crippen LogP contribution in [0.15, 0.2) is 16.6 Å². The summed E-state index contributed by atoms with van der Waals surface area (Å²) in [5.74, 6) is -0.00682. The third-order valence-electron chi connectivity index (χ3n) is 2.06. The van der Waals surface area contributed by atoms with Gasteiger partial charge in [-0.1, -0.05) is 0 Å². The molecule has 1 heterocycles. The number of aromatic nitrogens is 1. The standard InChI is InChI=1S/C10H13BrN2O2/c1-7-8(11)3-4-9(12-7)13(2)6-5-10(14)15/h3-4H,5-6H2,1-2H3,(H,14,15). The third kappa shape index (κ3) is 3.51. The van der Waals surface area contributed by atoms with Crippen LogP contribution < -0.4 is 4.90 Å². The van der Waals surface area contributed by atoms with Gasteiger partial charge in [0.25, 0.3) is 0 Å². The van der Waals surface area contributed by atoms with E-state index >= 15 is 0 Å². The maximum atomic E-state index is 10.4. The molecule has 4 nitrogen and oxygen atoms in total. The van der Waals surface area contributed by atoms with Crippen molar-refractivity contribution in [3.8, 4) is 0 Å². The van der Waals surface area contributed by atoms with Gasteiger partial charge in [0.05, 0.1) is 12.1 Å². The van der Waals surface area contributed by atoms with Crippen molar-refractivity contribution >= 4 is 27.7 Å². The number of carbonyl (C=O) groups is 1. The highest BCUT2D eigenvalue weighted by atomic mass is 79.9. The number of hydrogen-bond donors (Lipinski definition) is 1. The molecule has 15 heavy (non-hydrogen) atoms. The summed E-state index contributed by atoms with van der Waals surface area (Å²) in [5.41, 5.74) is 0.898. The number of carboxylic acids is 1. The van der Waals surface area contributed by atoms with Crippen molar-refractivity contribution in [2.75, 3.05) is 18.5 Å². The lowest BCUT2D eigenvalue weighted by Crippen LogP contribution is -2.22. The molecule has 0 spiro atoms. The molecule has 1 aromatic heterocycles. The molecule has 0 bridgehead atoms. The Morgan fingerprint density at radius 2 is 2.27 bits per heavy atom. The van der Waals surface area contributed by atoms with Crippen LogP contribution in [0.4, 0.5) is 5.82 Å². The molecule has 0 fully saturated rings. The van der Waals surface area contributed by atoms with Crippen LogP contribution in [0.5, 0.6) is 0 Å². The summed E-state index contributed by atoms with van der Waals surface area (Å²) in [6, 6.07) is 3.77. The summed E-state index contributed by atoms with van der Waals surface area (Å²) < 4.78 is 0.956. The topological polar surface area (TPSA) is 53.4 Å². The van der Waals surface area contributed by atoms with Gasteiger partial charge in [-0.15, -0.1) is 0 Å². The first-order valence-electron chi connectivity index (χ1n) is 4.57. The normalized spacial score (nSPS) is 10.1. The van der Waals surface area contributed by atoms with Crippen molar-refractivity contribution in [2.45, 2.75) is 13.3 Å². The molecule has 1 N–H and O–H groups in total. The average Bonchev–Trinajstić information content (AvgIpc) is 2.18. The second kappa shape index (κ2) is 5.11. The molecule has 0 amide bonds. The van der Waals surface area contributed by atoms with Gasteiger partial charge in [-0.25, -0.2) is 4.98 Å². The number of carboxylic acid groups (broad SMARTS) is 1. The lowest BCUT2D eigenvalue weighted by atomic mass is 10.3. The minimum atomic E-state index is -0.796. The molecular weight excluding hydrogens is 260 g/mol. The zero-order valence-electron chi connectivity index (χ0n) is 8.70. The van der Waals surface area contributed by atoms with Gasteiger partial charge in [0.15, 0.2) is 0 Å². The largest absolute Gasteiger partial charge is 0.481 e. The molecule has 0 saturated carbocycles. The number of aliphatic carboxylic acids is 1. The quantitative estimate of drug-likeness (QED) is 0.912. The van der Waals surface area contributed by atoms with Gasteiger partial charge in [-0.2, -0.15) is 0 Å². The van der Waals surface area contributed by atoms with Crippen LogP contribution in [-0.4, -0.2) is 29.7 Å². The van der Waals surface area contributed by atoms with Crippen molar-refractivity contribution in [2.24, 2.45) is 0 Å². The van der Waals surface area contributed by atoms with Gasteiger partial charge in [0, 0.05) is 18.1 Å². The van der Waals surface area contributed by atoms with E-state index in [2.05, 4.69) is 20.9 Å². The van der Waals surface area contributed by atoms with Gasteiger partial charge in [0.1, 0.15) is 5.82 Å². The summed E-state index contributed by atoms with van der Waals surface area (Å²) in [7, 11) is 1.83. The minimum absolute atomic E-state index is 0.118. The van der Waals surface area contributed by atoms with E-state index in [-0.39, 0.29) is 6.42 Å². The minimum Gasteiger partial charge on any atom is -0.481 e. The second-order valence-electron chi connectivity index (χ2n) is 3.30. The molecule has 0 radical (unpaired) electrons. The average molecular weight is 273 g/mol. The molecule has 0 saturated heterocycles. The van der Waals surface area contributed by atoms with E-state index in [1.807, 2.05) is 31.0 Å². The van der Waals surface area contributed by atoms with Crippen LogP contribution in [0.3, 0.4) is 0 Å². The van der Waals surface area contributed by atoms with Crippen LogP contribution in [0.1, 0.15) is 12.1 Å². The molecule has 5 heteroatoms. The van der Waals surface area contributed by atoms with E-state index in [0.29, 0.717) is 6.54 Å². The first-order chi connectivity index (χ1) is 7.00. The van der Waals surface area contributed by atoms with Gasteiger partial charge < -0.3 is 10.0 Å². The molecule has 1 aromatic rings. The number of nitrogens with zero attached hydrogens (tertiary/aromatic N) is 2. The maximum absolute atomic E-state index is 10.4. The van der Waals surface area contributed by atoms with E-state index in [0.717, 1.165) is 16.0 Å².